The fourth-order valence-corrected chi connectivity index (χ4v) is 4.73. The van der Waals surface area contributed by atoms with E-state index in [2.05, 4.69) is 0 Å². The largest absolute Gasteiger partial charge is 0.480 e. The van der Waals surface area contributed by atoms with E-state index in [-0.39, 0.29) is 19.4 Å². The Labute approximate surface area is 221 Å². The molecule has 2 saturated heterocycles. The third-order valence-corrected chi connectivity index (χ3v) is 6.87. The molecule has 0 spiro atoms. The number of carboxylic acids is 1. The summed E-state index contributed by atoms with van der Waals surface area (Å²) >= 11 is 0. The number of alkyl halides is 3. The van der Waals surface area contributed by atoms with Gasteiger partial charge in [-0.15, -0.1) is 0 Å². The highest BCUT2D eigenvalue weighted by Crippen LogP contribution is 2.30. The fraction of sp³-hybridized carbons (Fsp3) is 0.696. The molecular formula is C23H32F3N5O8. The van der Waals surface area contributed by atoms with Crippen LogP contribution in [-0.4, -0.2) is 111 Å². The van der Waals surface area contributed by atoms with Gasteiger partial charge >= 0.3 is 18.2 Å². The molecule has 5 amide bonds. The predicted molar refractivity (Wildman–Crippen MR) is 126 cm³/mol. The molecule has 13 nitrogen and oxygen atoms in total. The van der Waals surface area contributed by atoms with E-state index in [1.54, 1.807) is 0 Å². The van der Waals surface area contributed by atoms with Gasteiger partial charge in [-0.25, -0.2) is 4.79 Å². The van der Waals surface area contributed by atoms with Crippen molar-refractivity contribution in [1.29, 1.82) is 0 Å². The quantitative estimate of drug-likeness (QED) is 0.219. The second-order valence-corrected chi connectivity index (χ2v) is 10.2. The minimum absolute atomic E-state index is 0.0140. The lowest BCUT2D eigenvalue weighted by molar-refractivity contribution is -0.179. The van der Waals surface area contributed by atoms with Crippen molar-refractivity contribution < 1.29 is 51.8 Å². The van der Waals surface area contributed by atoms with Crippen LogP contribution in [-0.2, 0) is 28.8 Å². The maximum absolute atomic E-state index is 13.2. The molecule has 2 rings (SSSR count). The summed E-state index contributed by atoms with van der Waals surface area (Å²) in [4.78, 5) is 89.1. The van der Waals surface area contributed by atoms with Gasteiger partial charge in [-0.3, -0.25) is 43.9 Å². The molecule has 2 fully saturated rings. The molecule has 16 heteroatoms. The number of hydrogen-bond acceptors (Lipinski definition) is 9. The Morgan fingerprint density at radius 2 is 1.67 bits per heavy atom. The lowest BCUT2D eigenvalue weighted by atomic mass is 9.82. The van der Waals surface area contributed by atoms with Gasteiger partial charge in [0.25, 0.3) is 17.6 Å². The first-order chi connectivity index (χ1) is 17.8. The normalized spacial score (nSPS) is 20.9. The second kappa shape index (κ2) is 11.8. The average molecular weight is 564 g/mol. The fourth-order valence-electron chi connectivity index (χ4n) is 4.73. The molecule has 2 heterocycles. The van der Waals surface area contributed by atoms with Crippen LogP contribution in [0.15, 0.2) is 0 Å². The summed E-state index contributed by atoms with van der Waals surface area (Å²) in [6.07, 6.45) is -4.84. The van der Waals surface area contributed by atoms with E-state index < -0.39 is 96.6 Å². The summed E-state index contributed by atoms with van der Waals surface area (Å²) in [5.41, 5.74) is 3.67. The number of nitrogens with one attached hydrogen (secondary N) is 1. The molecule has 2 aliphatic rings. The van der Waals surface area contributed by atoms with Crippen molar-refractivity contribution in [2.75, 3.05) is 26.2 Å². The Bertz CT molecular complexity index is 1060. The van der Waals surface area contributed by atoms with Crippen LogP contribution in [0.25, 0.3) is 0 Å². The molecule has 0 aromatic carbocycles. The molecule has 0 aliphatic carbocycles. The van der Waals surface area contributed by atoms with E-state index in [0.717, 1.165) is 4.90 Å². The van der Waals surface area contributed by atoms with E-state index in [9.17, 15) is 46.7 Å². The molecule has 0 aromatic heterocycles. The zero-order valence-electron chi connectivity index (χ0n) is 21.9. The highest BCUT2D eigenvalue weighted by Gasteiger charge is 2.52. The Balaban J connectivity index is 2.23. The van der Waals surface area contributed by atoms with Gasteiger partial charge in [0, 0.05) is 0 Å². The first kappa shape index (κ1) is 31.8. The van der Waals surface area contributed by atoms with E-state index in [1.807, 2.05) is 5.32 Å². The lowest BCUT2D eigenvalue weighted by Gasteiger charge is -2.35. The van der Waals surface area contributed by atoms with Crippen LogP contribution < -0.4 is 11.1 Å². The van der Waals surface area contributed by atoms with Crippen LogP contribution in [0.2, 0.25) is 0 Å². The van der Waals surface area contributed by atoms with Crippen LogP contribution in [0.3, 0.4) is 0 Å². The van der Waals surface area contributed by atoms with Crippen molar-refractivity contribution in [1.82, 2.24) is 20.0 Å². The first-order valence-electron chi connectivity index (χ1n) is 12.2. The van der Waals surface area contributed by atoms with Gasteiger partial charge in [0.2, 0.25) is 5.91 Å². The number of carbonyl (C=O) groups is 7. The van der Waals surface area contributed by atoms with Gasteiger partial charge in [-0.05, 0) is 31.2 Å². The van der Waals surface area contributed by atoms with E-state index >= 15 is 0 Å². The predicted octanol–water partition coefficient (Wildman–Crippen LogP) is -0.479. The number of urea groups is 1. The summed E-state index contributed by atoms with van der Waals surface area (Å²) in [5, 5.41) is 10.8. The number of rotatable bonds is 11. The Morgan fingerprint density at radius 3 is 2.15 bits per heavy atom. The molecule has 0 radical (unpaired) electrons. The number of halogens is 3. The van der Waals surface area contributed by atoms with Crippen LogP contribution in [0.1, 0.15) is 40.5 Å². The number of nitrogens with two attached hydrogens (primary N) is 1. The molecule has 0 unspecified atom stereocenters. The highest BCUT2D eigenvalue weighted by molar-refractivity contribution is 6.17. The number of hydrogen-bond donors (Lipinski definition) is 3. The SMILES string of the molecule is CC(C)[C@@H](C(=O)C(F)(F)F)N1CCC[C@H]1C(=O)NC(=O)[C@](N)(C(=O)CN1C(=O)CN(CC(=O)O)C1=O)C(C)C. The minimum atomic E-state index is -5.14. The van der Waals surface area contributed by atoms with E-state index in [1.165, 1.54) is 27.7 Å². The van der Waals surface area contributed by atoms with Gasteiger partial charge in [-0.1, -0.05) is 27.7 Å². The van der Waals surface area contributed by atoms with Crippen LogP contribution in [0.5, 0.6) is 0 Å². The highest BCUT2D eigenvalue weighted by atomic mass is 19.4. The van der Waals surface area contributed by atoms with Gasteiger partial charge < -0.3 is 15.7 Å². The number of nitrogens with zero attached hydrogens (tertiary/aromatic N) is 3. The summed E-state index contributed by atoms with van der Waals surface area (Å²) in [6.45, 7) is 3.13. The lowest BCUT2D eigenvalue weighted by Crippen LogP contribution is -2.67. The number of carboxylic acid groups (broad SMARTS) is 1. The monoisotopic (exact) mass is 563 g/mol. The number of imide groups is 2. The van der Waals surface area contributed by atoms with Crippen molar-refractivity contribution in [3.63, 3.8) is 0 Å². The molecule has 0 bridgehead atoms. The topological polar surface area (TPSA) is 187 Å². The number of carbonyl (C=O) groups excluding carboxylic acids is 6. The van der Waals surface area contributed by atoms with Gasteiger partial charge in [0.1, 0.15) is 13.1 Å². The van der Waals surface area contributed by atoms with Gasteiger partial charge in [0.15, 0.2) is 11.3 Å². The number of amides is 5. The average Bonchev–Trinajstić information content (AvgIpc) is 3.37. The third kappa shape index (κ3) is 6.61. The van der Waals surface area contributed by atoms with Crippen molar-refractivity contribution in [3.05, 3.63) is 0 Å². The molecule has 0 saturated carbocycles. The maximum atomic E-state index is 13.2. The van der Waals surface area contributed by atoms with Crippen LogP contribution in [0.4, 0.5) is 18.0 Å². The molecule has 4 N–H and O–H groups in total. The number of aliphatic carboxylic acids is 1. The molecular weight excluding hydrogens is 531 g/mol. The summed E-state index contributed by atoms with van der Waals surface area (Å²) in [7, 11) is 0. The summed E-state index contributed by atoms with van der Waals surface area (Å²) in [5.74, 6) is -9.58. The molecule has 218 valence electrons. The molecule has 3 atom stereocenters. The number of ketones is 2. The van der Waals surface area contributed by atoms with Crippen molar-refractivity contribution in [2.24, 2.45) is 17.6 Å². The maximum Gasteiger partial charge on any atom is 0.451 e. The van der Waals surface area contributed by atoms with E-state index in [4.69, 9.17) is 10.8 Å². The molecule has 39 heavy (non-hydrogen) atoms. The smallest absolute Gasteiger partial charge is 0.451 e. The first-order valence-corrected chi connectivity index (χ1v) is 12.2. The zero-order chi connectivity index (χ0) is 30.0. The van der Waals surface area contributed by atoms with Crippen molar-refractivity contribution in [2.45, 2.75) is 64.3 Å². The van der Waals surface area contributed by atoms with Crippen LogP contribution in [0, 0.1) is 11.8 Å². The van der Waals surface area contributed by atoms with E-state index in [0.29, 0.717) is 9.80 Å². The zero-order valence-corrected chi connectivity index (χ0v) is 21.9. The Kier molecular flexibility index (Phi) is 9.60. The molecule has 2 aliphatic heterocycles. The van der Waals surface area contributed by atoms with Gasteiger partial charge in [-0.2, -0.15) is 13.2 Å². The summed E-state index contributed by atoms with van der Waals surface area (Å²) in [6, 6.07) is -4.03. The Hall–Kier alpha value is -3.40. The van der Waals surface area contributed by atoms with Gasteiger partial charge in [0.05, 0.1) is 18.6 Å². The number of likely N-dealkylation sites (tertiary alicyclic amines) is 1. The molecule has 0 aromatic rings. The van der Waals surface area contributed by atoms with Crippen molar-refractivity contribution in [3.8, 4) is 0 Å². The third-order valence-electron chi connectivity index (χ3n) is 6.87. The van der Waals surface area contributed by atoms with Crippen LogP contribution >= 0.6 is 0 Å². The minimum Gasteiger partial charge on any atom is -0.480 e. The second-order valence-electron chi connectivity index (χ2n) is 10.2. The summed E-state index contributed by atoms with van der Waals surface area (Å²) < 4.78 is 39.7. The Morgan fingerprint density at radius 1 is 1.08 bits per heavy atom. The number of Topliss-reactive ketones (excluding diaryl/α,β-unsaturated/α-hetero) is 2. The van der Waals surface area contributed by atoms with Crippen molar-refractivity contribution >= 4 is 41.3 Å². The standard InChI is InChI=1S/C23H32F3N5O8/c1-11(2)17(18(36)23(24,25)26)30-7-5-6-13(30)19(37)28-20(38)22(27,12(3)4)14(32)8-31-15(33)9-29(21(31)39)10-16(34)35/h11-13,17H,5-10,27H2,1-4H3,(H,34,35)(H,28,37,38)/t13-,17-,22+/m0/s1.